The molecule has 0 radical (unpaired) electrons. The van der Waals surface area contributed by atoms with Gasteiger partial charge < -0.3 is 4.42 Å². The lowest BCUT2D eigenvalue weighted by Crippen LogP contribution is -2.41. The highest BCUT2D eigenvalue weighted by molar-refractivity contribution is 6.07. The molecule has 3 N–H and O–H groups in total. The van der Waals surface area contributed by atoms with Gasteiger partial charge in [0, 0.05) is 28.7 Å². The molecule has 2 aromatic carbocycles. The first-order valence-corrected chi connectivity index (χ1v) is 10.3. The second kappa shape index (κ2) is 9.47. The molecule has 1 aromatic heterocycles. The van der Waals surface area contributed by atoms with E-state index >= 15 is 0 Å². The molecule has 3 aromatic rings. The number of halogens is 1. The van der Waals surface area contributed by atoms with Gasteiger partial charge in [-0.05, 0) is 56.2 Å². The molecule has 0 unspecified atom stereocenters. The smallest absolute Gasteiger partial charge is 0.305 e. The number of benzene rings is 2. The van der Waals surface area contributed by atoms with Crippen LogP contribution in [0.1, 0.15) is 61.0 Å². The Morgan fingerprint density at radius 3 is 2.27 bits per heavy atom. The minimum Gasteiger partial charge on any atom is -0.455 e. The van der Waals surface area contributed by atoms with Gasteiger partial charge in [0.05, 0.1) is 5.71 Å². The summed E-state index contributed by atoms with van der Waals surface area (Å²) in [5.41, 5.74) is 9.70. The van der Waals surface area contributed by atoms with Gasteiger partial charge in [0.2, 0.25) is 0 Å². The van der Waals surface area contributed by atoms with Crippen LogP contribution >= 0.6 is 0 Å². The minimum atomic E-state index is -0.634. The van der Waals surface area contributed by atoms with Crippen molar-refractivity contribution in [3.05, 3.63) is 94.2 Å². The topological polar surface area (TPSA) is 113 Å². The normalized spacial score (nSPS) is 13.8. The number of aryl methyl sites for hydroxylation is 1. The number of hydrogen-bond acceptors (Lipinski definition) is 5. The SMILES string of the molecule is Cc1c(C(=O)NNC(=O)c2ccc(F)cc2)oc2c1/C(=N/NC(=O)c1ccccc1)CCC2. The van der Waals surface area contributed by atoms with Gasteiger partial charge in [0.1, 0.15) is 11.6 Å². The Bertz CT molecular complexity index is 1230. The lowest BCUT2D eigenvalue weighted by atomic mass is 9.93. The number of hydrazone groups is 1. The maximum absolute atomic E-state index is 13.0. The van der Waals surface area contributed by atoms with Crippen LogP contribution in [0, 0.1) is 12.7 Å². The number of hydrogen-bond donors (Lipinski definition) is 3. The minimum absolute atomic E-state index is 0.0448. The fourth-order valence-electron chi connectivity index (χ4n) is 3.61. The van der Waals surface area contributed by atoms with Crippen molar-refractivity contribution < 1.29 is 23.2 Å². The van der Waals surface area contributed by atoms with Crippen molar-refractivity contribution in [3.8, 4) is 0 Å². The average molecular weight is 448 g/mol. The molecule has 33 heavy (non-hydrogen) atoms. The summed E-state index contributed by atoms with van der Waals surface area (Å²) in [6, 6.07) is 13.6. The van der Waals surface area contributed by atoms with Crippen molar-refractivity contribution in [2.24, 2.45) is 5.10 Å². The van der Waals surface area contributed by atoms with E-state index in [4.69, 9.17) is 4.42 Å². The summed E-state index contributed by atoms with van der Waals surface area (Å²) in [4.78, 5) is 37.1. The van der Waals surface area contributed by atoms with E-state index in [1.807, 2.05) is 6.07 Å². The summed E-state index contributed by atoms with van der Waals surface area (Å²) in [5.74, 6) is -1.39. The van der Waals surface area contributed by atoms with Gasteiger partial charge in [-0.1, -0.05) is 18.2 Å². The van der Waals surface area contributed by atoms with Crippen molar-refractivity contribution in [2.45, 2.75) is 26.2 Å². The number of nitrogens with one attached hydrogen (secondary N) is 3. The predicted octanol–water partition coefficient (Wildman–Crippen LogP) is 3.27. The Kier molecular flexibility index (Phi) is 6.30. The fourth-order valence-corrected chi connectivity index (χ4v) is 3.61. The lowest BCUT2D eigenvalue weighted by Gasteiger charge is -2.13. The Morgan fingerprint density at radius 2 is 1.55 bits per heavy atom. The van der Waals surface area contributed by atoms with Crippen LogP contribution in [0.3, 0.4) is 0 Å². The summed E-state index contributed by atoms with van der Waals surface area (Å²) >= 11 is 0. The van der Waals surface area contributed by atoms with E-state index in [1.54, 1.807) is 31.2 Å². The highest BCUT2D eigenvalue weighted by atomic mass is 19.1. The van der Waals surface area contributed by atoms with Crippen LogP contribution in [-0.2, 0) is 6.42 Å². The van der Waals surface area contributed by atoms with Crippen molar-refractivity contribution in [2.75, 3.05) is 0 Å². The number of hydrazine groups is 1. The zero-order valence-electron chi connectivity index (χ0n) is 17.8. The Labute approximate surface area is 188 Å². The van der Waals surface area contributed by atoms with Crippen LogP contribution < -0.4 is 16.3 Å². The molecule has 0 bridgehead atoms. The first-order chi connectivity index (χ1) is 15.9. The highest BCUT2D eigenvalue weighted by Gasteiger charge is 2.28. The summed E-state index contributed by atoms with van der Waals surface area (Å²) in [6.45, 7) is 1.72. The summed E-state index contributed by atoms with van der Waals surface area (Å²) in [5, 5.41) is 4.28. The van der Waals surface area contributed by atoms with Crippen LogP contribution in [0.5, 0.6) is 0 Å². The van der Waals surface area contributed by atoms with Crippen molar-refractivity contribution in [3.63, 3.8) is 0 Å². The van der Waals surface area contributed by atoms with Crippen LogP contribution in [0.15, 0.2) is 64.1 Å². The molecule has 1 aliphatic rings. The number of nitrogens with zero attached hydrogens (tertiary/aromatic N) is 1. The van der Waals surface area contributed by atoms with Gasteiger partial charge in [-0.15, -0.1) is 0 Å². The quantitative estimate of drug-likeness (QED) is 0.532. The van der Waals surface area contributed by atoms with E-state index in [0.717, 1.165) is 18.6 Å². The van der Waals surface area contributed by atoms with Crippen LogP contribution in [0.25, 0.3) is 0 Å². The van der Waals surface area contributed by atoms with E-state index in [0.29, 0.717) is 41.0 Å². The molecule has 1 aliphatic carbocycles. The van der Waals surface area contributed by atoms with E-state index < -0.39 is 17.6 Å². The van der Waals surface area contributed by atoms with Gasteiger partial charge in [0.25, 0.3) is 11.8 Å². The fraction of sp³-hybridized carbons (Fsp3) is 0.167. The van der Waals surface area contributed by atoms with E-state index in [1.165, 1.54) is 12.1 Å². The third kappa shape index (κ3) is 4.82. The zero-order chi connectivity index (χ0) is 23.4. The molecule has 8 nitrogen and oxygen atoms in total. The lowest BCUT2D eigenvalue weighted by molar-refractivity contribution is 0.0829. The number of amides is 3. The second-order valence-corrected chi connectivity index (χ2v) is 7.49. The van der Waals surface area contributed by atoms with Crippen molar-refractivity contribution >= 4 is 23.4 Å². The van der Waals surface area contributed by atoms with Crippen molar-refractivity contribution in [1.82, 2.24) is 16.3 Å². The molecule has 0 saturated carbocycles. The van der Waals surface area contributed by atoms with E-state index in [-0.39, 0.29) is 17.2 Å². The number of fused-ring (bicyclic) bond motifs is 1. The zero-order valence-corrected chi connectivity index (χ0v) is 17.8. The molecule has 0 aliphatic heterocycles. The van der Waals surface area contributed by atoms with Gasteiger partial charge in [-0.3, -0.25) is 25.2 Å². The molecular weight excluding hydrogens is 427 g/mol. The van der Waals surface area contributed by atoms with E-state index in [2.05, 4.69) is 21.4 Å². The molecule has 0 fully saturated rings. The Hall–Kier alpha value is -4.27. The van der Waals surface area contributed by atoms with Gasteiger partial charge >= 0.3 is 5.91 Å². The molecule has 4 rings (SSSR count). The summed E-state index contributed by atoms with van der Waals surface area (Å²) in [6.07, 6.45) is 1.99. The average Bonchev–Trinajstić information content (AvgIpc) is 3.19. The number of carbonyl (C=O) groups excluding carboxylic acids is 3. The summed E-state index contributed by atoms with van der Waals surface area (Å²) < 4.78 is 18.8. The number of carbonyl (C=O) groups is 3. The highest BCUT2D eigenvalue weighted by Crippen LogP contribution is 2.29. The molecule has 3 amide bonds. The van der Waals surface area contributed by atoms with E-state index in [9.17, 15) is 18.8 Å². The standard InChI is InChI=1S/C24H21FN4O4/c1-14-20-18(26-27-22(30)15-6-3-2-4-7-15)8-5-9-19(20)33-21(14)24(32)29-28-23(31)16-10-12-17(25)13-11-16/h2-4,6-7,10-13H,5,8-9H2,1H3,(H,27,30)(H,28,31)(H,29,32)/b26-18+. The van der Waals surface area contributed by atoms with Gasteiger partial charge in [0.15, 0.2) is 5.76 Å². The third-order valence-corrected chi connectivity index (χ3v) is 5.26. The predicted molar refractivity (Wildman–Crippen MR) is 118 cm³/mol. The monoisotopic (exact) mass is 448 g/mol. The van der Waals surface area contributed by atoms with Crippen LogP contribution in [0.4, 0.5) is 4.39 Å². The molecular formula is C24H21FN4O4. The van der Waals surface area contributed by atoms with Crippen LogP contribution in [-0.4, -0.2) is 23.4 Å². The molecule has 9 heteroatoms. The summed E-state index contributed by atoms with van der Waals surface area (Å²) in [7, 11) is 0. The number of furan rings is 1. The van der Waals surface area contributed by atoms with Gasteiger partial charge in [-0.2, -0.15) is 5.10 Å². The maximum Gasteiger partial charge on any atom is 0.305 e. The molecule has 0 spiro atoms. The Morgan fingerprint density at radius 1 is 0.879 bits per heavy atom. The number of rotatable bonds is 4. The first-order valence-electron chi connectivity index (χ1n) is 10.3. The second-order valence-electron chi connectivity index (χ2n) is 7.49. The maximum atomic E-state index is 13.0. The largest absolute Gasteiger partial charge is 0.455 e. The van der Waals surface area contributed by atoms with Gasteiger partial charge in [-0.25, -0.2) is 9.82 Å². The van der Waals surface area contributed by atoms with Crippen LogP contribution in [0.2, 0.25) is 0 Å². The third-order valence-electron chi connectivity index (χ3n) is 5.26. The van der Waals surface area contributed by atoms with Crippen molar-refractivity contribution in [1.29, 1.82) is 0 Å². The molecule has 0 saturated heterocycles. The molecule has 168 valence electrons. The molecule has 1 heterocycles. The molecule has 0 atom stereocenters. The Balaban J connectivity index is 1.47. The first kappa shape index (κ1) is 21.9.